The second-order valence-electron chi connectivity index (χ2n) is 4.85. The molecule has 0 fully saturated rings. The van der Waals surface area contributed by atoms with Gasteiger partial charge >= 0.3 is 0 Å². The highest BCUT2D eigenvalue weighted by atomic mass is 16.5. The summed E-state index contributed by atoms with van der Waals surface area (Å²) in [5, 5.41) is 9.29. The number of amides is 2. The summed E-state index contributed by atoms with van der Waals surface area (Å²) < 4.78 is 11.7. The maximum Gasteiger partial charge on any atom is 0.250 e. The lowest BCUT2D eigenvalue weighted by molar-refractivity contribution is -0.125. The summed E-state index contributed by atoms with van der Waals surface area (Å²) in [6, 6.07) is 4.26. The van der Waals surface area contributed by atoms with Crippen LogP contribution in [0.1, 0.15) is 12.5 Å². The van der Waals surface area contributed by atoms with Crippen LogP contribution >= 0.6 is 0 Å². The Hall–Kier alpha value is -3.10. The molecule has 0 bridgehead atoms. The number of carbonyl (C=O) groups is 2. The van der Waals surface area contributed by atoms with Gasteiger partial charge in [-0.2, -0.15) is 10.1 Å². The third-order valence-electron chi connectivity index (χ3n) is 3.47. The fraction of sp³-hybridized carbons (Fsp3) is 0.286. The number of nitrogens with zero attached hydrogens (tertiary/aromatic N) is 3. The summed E-state index contributed by atoms with van der Waals surface area (Å²) >= 11 is 0. The van der Waals surface area contributed by atoms with Crippen LogP contribution in [0.4, 0.5) is 11.6 Å². The maximum atomic E-state index is 12.6. The molecule has 1 atom stereocenters. The molecule has 2 N–H and O–H groups in total. The average Bonchev–Trinajstić information content (AvgIpc) is 3.01. The zero-order valence-electron chi connectivity index (χ0n) is 12.6. The number of hydrogen-bond acceptors (Lipinski definition) is 6. The highest BCUT2D eigenvalue weighted by Crippen LogP contribution is 2.30. The van der Waals surface area contributed by atoms with Gasteiger partial charge in [0.1, 0.15) is 23.9 Å². The Morgan fingerprint density at radius 2 is 2.22 bits per heavy atom. The van der Waals surface area contributed by atoms with Crippen LogP contribution in [0, 0.1) is 0 Å². The number of methoxy groups -OCH3 is 2. The van der Waals surface area contributed by atoms with Crippen LogP contribution in [0.5, 0.6) is 11.5 Å². The molecular formula is C14H15N5O4. The smallest absolute Gasteiger partial charge is 0.250 e. The maximum absolute atomic E-state index is 12.6. The molecule has 3 rings (SSSR count). The van der Waals surface area contributed by atoms with Gasteiger partial charge in [0.2, 0.25) is 17.8 Å². The van der Waals surface area contributed by atoms with Gasteiger partial charge in [0.05, 0.1) is 26.3 Å². The summed E-state index contributed by atoms with van der Waals surface area (Å²) in [5.41, 5.74) is 0.449. The minimum Gasteiger partial charge on any atom is -0.497 e. The number of ether oxygens (including phenoxy) is 2. The first-order chi connectivity index (χ1) is 11.1. The van der Waals surface area contributed by atoms with E-state index < -0.39 is 11.9 Å². The molecule has 0 saturated carbocycles. The zero-order chi connectivity index (χ0) is 16.4. The van der Waals surface area contributed by atoms with Crippen molar-refractivity contribution in [3.63, 3.8) is 0 Å². The highest BCUT2D eigenvalue weighted by Gasteiger charge is 2.32. The monoisotopic (exact) mass is 317 g/mol. The topological polar surface area (TPSA) is 107 Å². The van der Waals surface area contributed by atoms with E-state index in [0.717, 1.165) is 0 Å². The zero-order valence-corrected chi connectivity index (χ0v) is 12.6. The van der Waals surface area contributed by atoms with Crippen LogP contribution in [0.3, 0.4) is 0 Å². The van der Waals surface area contributed by atoms with Crippen LogP contribution in [0.2, 0.25) is 0 Å². The summed E-state index contributed by atoms with van der Waals surface area (Å²) in [6.45, 7) is 0. The molecule has 9 nitrogen and oxygen atoms in total. The molecule has 1 aromatic heterocycles. The van der Waals surface area contributed by atoms with Crippen molar-refractivity contribution in [1.29, 1.82) is 0 Å². The molecule has 0 saturated heterocycles. The van der Waals surface area contributed by atoms with Gasteiger partial charge < -0.3 is 14.8 Å². The van der Waals surface area contributed by atoms with Gasteiger partial charge in [-0.25, -0.2) is 4.68 Å². The third-order valence-corrected chi connectivity index (χ3v) is 3.47. The highest BCUT2D eigenvalue weighted by molar-refractivity contribution is 6.01. The second-order valence-corrected chi connectivity index (χ2v) is 4.85. The molecule has 0 radical (unpaired) electrons. The fourth-order valence-corrected chi connectivity index (χ4v) is 2.34. The van der Waals surface area contributed by atoms with E-state index in [0.29, 0.717) is 17.2 Å². The Morgan fingerprint density at radius 3 is 2.96 bits per heavy atom. The van der Waals surface area contributed by atoms with E-state index in [1.807, 2.05) is 0 Å². The van der Waals surface area contributed by atoms with Crippen LogP contribution in [0.25, 0.3) is 0 Å². The normalized spacial score (nSPS) is 16.3. The van der Waals surface area contributed by atoms with E-state index in [2.05, 4.69) is 20.7 Å². The summed E-state index contributed by atoms with van der Waals surface area (Å²) in [5.74, 6) is 0.627. The second kappa shape index (κ2) is 5.95. The molecule has 1 aliphatic heterocycles. The van der Waals surface area contributed by atoms with Gasteiger partial charge in [-0.1, -0.05) is 0 Å². The number of benzene rings is 1. The molecule has 0 spiro atoms. The number of aromatic nitrogens is 3. The van der Waals surface area contributed by atoms with Crippen molar-refractivity contribution in [1.82, 2.24) is 14.8 Å². The van der Waals surface area contributed by atoms with Crippen LogP contribution in [0.15, 0.2) is 24.5 Å². The van der Waals surface area contributed by atoms with Crippen molar-refractivity contribution in [3.05, 3.63) is 24.5 Å². The van der Waals surface area contributed by atoms with E-state index in [9.17, 15) is 9.59 Å². The Labute approximate surface area is 131 Å². The molecule has 2 amide bonds. The summed E-state index contributed by atoms with van der Waals surface area (Å²) in [4.78, 5) is 28.2. The number of fused-ring (bicyclic) bond motifs is 1. The van der Waals surface area contributed by atoms with Crippen molar-refractivity contribution in [2.75, 3.05) is 24.9 Å². The number of rotatable bonds is 4. The van der Waals surface area contributed by atoms with E-state index in [-0.39, 0.29) is 18.3 Å². The van der Waals surface area contributed by atoms with Gasteiger partial charge in [-0.3, -0.25) is 14.9 Å². The van der Waals surface area contributed by atoms with Crippen molar-refractivity contribution in [2.24, 2.45) is 0 Å². The van der Waals surface area contributed by atoms with Crippen molar-refractivity contribution >= 4 is 23.5 Å². The molecule has 2 aromatic rings. The molecule has 1 aliphatic rings. The molecular weight excluding hydrogens is 302 g/mol. The molecule has 0 aliphatic carbocycles. The van der Waals surface area contributed by atoms with Gasteiger partial charge in [-0.15, -0.1) is 0 Å². The van der Waals surface area contributed by atoms with Gasteiger partial charge in [-0.05, 0) is 12.1 Å². The van der Waals surface area contributed by atoms with E-state index in [1.165, 1.54) is 25.2 Å². The molecule has 23 heavy (non-hydrogen) atoms. The van der Waals surface area contributed by atoms with Crippen molar-refractivity contribution in [3.8, 4) is 11.5 Å². The number of nitrogens with one attached hydrogen (secondary N) is 2. The Kier molecular flexibility index (Phi) is 3.83. The SMILES string of the molecule is COc1ccc(OC)c(NC(=O)[C@H]2CC(=O)Nc3ncnn32)c1. The minimum atomic E-state index is -0.780. The minimum absolute atomic E-state index is 0.0194. The molecule has 2 heterocycles. The Morgan fingerprint density at radius 1 is 1.39 bits per heavy atom. The first-order valence-electron chi connectivity index (χ1n) is 6.84. The molecule has 120 valence electrons. The van der Waals surface area contributed by atoms with Gasteiger partial charge in [0.15, 0.2) is 0 Å². The standard InChI is InChI=1S/C14H15N5O4/c1-22-8-3-4-11(23-2)9(5-8)17-13(21)10-6-12(20)18-14-15-7-16-19(10)14/h3-5,7,10H,6H2,1-2H3,(H,17,21)(H,15,16,18,20)/t10-/m1/s1. The lowest BCUT2D eigenvalue weighted by atomic mass is 10.1. The van der Waals surface area contributed by atoms with Crippen molar-refractivity contribution < 1.29 is 19.1 Å². The van der Waals surface area contributed by atoms with Crippen LogP contribution in [-0.2, 0) is 9.59 Å². The summed E-state index contributed by atoms with van der Waals surface area (Å²) in [7, 11) is 3.03. The van der Waals surface area contributed by atoms with Gasteiger partial charge in [0.25, 0.3) is 0 Å². The van der Waals surface area contributed by atoms with Crippen molar-refractivity contribution in [2.45, 2.75) is 12.5 Å². The van der Waals surface area contributed by atoms with Crippen LogP contribution < -0.4 is 20.1 Å². The first-order valence-corrected chi connectivity index (χ1v) is 6.84. The Bertz CT molecular complexity index is 757. The summed E-state index contributed by atoms with van der Waals surface area (Å²) in [6.07, 6.45) is 1.27. The van der Waals surface area contributed by atoms with E-state index >= 15 is 0 Å². The molecule has 0 unspecified atom stereocenters. The lowest BCUT2D eigenvalue weighted by Gasteiger charge is -2.23. The fourth-order valence-electron chi connectivity index (χ4n) is 2.34. The predicted molar refractivity (Wildman–Crippen MR) is 80.5 cm³/mol. The number of hydrogen-bond donors (Lipinski definition) is 2. The largest absolute Gasteiger partial charge is 0.497 e. The van der Waals surface area contributed by atoms with Crippen LogP contribution in [-0.4, -0.2) is 40.8 Å². The molecule has 1 aromatic carbocycles. The number of anilines is 2. The van der Waals surface area contributed by atoms with E-state index in [1.54, 1.807) is 18.2 Å². The number of carbonyl (C=O) groups excluding carboxylic acids is 2. The quantitative estimate of drug-likeness (QED) is 0.864. The first kappa shape index (κ1) is 14.8. The third kappa shape index (κ3) is 2.80. The lowest BCUT2D eigenvalue weighted by Crippen LogP contribution is -2.36. The predicted octanol–water partition coefficient (Wildman–Crippen LogP) is 0.817. The Balaban J connectivity index is 1.87. The average molecular weight is 317 g/mol. The molecule has 9 heteroatoms. The van der Waals surface area contributed by atoms with E-state index in [4.69, 9.17) is 9.47 Å². The van der Waals surface area contributed by atoms with Gasteiger partial charge in [0, 0.05) is 6.07 Å².